The second-order valence-electron chi connectivity index (χ2n) is 6.62. The number of anilines is 1. The number of aromatic nitrogens is 1. The van der Waals surface area contributed by atoms with Crippen LogP contribution in [0.3, 0.4) is 0 Å². The molecule has 1 aromatic carbocycles. The molecule has 5 nitrogen and oxygen atoms in total. The van der Waals surface area contributed by atoms with Gasteiger partial charge >= 0.3 is 6.18 Å². The fourth-order valence-electron chi connectivity index (χ4n) is 3.14. The molecular weight excluding hydrogens is 376 g/mol. The molecule has 0 aliphatic carbocycles. The third kappa shape index (κ3) is 5.49. The summed E-state index contributed by atoms with van der Waals surface area (Å²) in [6.45, 7) is 2.49. The van der Waals surface area contributed by atoms with Gasteiger partial charge in [-0.3, -0.25) is 19.6 Å². The van der Waals surface area contributed by atoms with Gasteiger partial charge in [-0.25, -0.2) is 4.39 Å². The first-order chi connectivity index (χ1) is 13.3. The number of nitrogens with zero attached hydrogens (tertiary/aromatic N) is 3. The van der Waals surface area contributed by atoms with Crippen LogP contribution < -0.4 is 5.32 Å². The van der Waals surface area contributed by atoms with Crippen LogP contribution in [0.15, 0.2) is 42.6 Å². The van der Waals surface area contributed by atoms with E-state index in [2.05, 4.69) is 10.3 Å². The van der Waals surface area contributed by atoms with E-state index in [4.69, 9.17) is 0 Å². The first kappa shape index (κ1) is 20.2. The molecule has 0 spiro atoms. The minimum Gasteiger partial charge on any atom is -0.325 e. The topological polar surface area (TPSA) is 48.5 Å². The van der Waals surface area contributed by atoms with Crippen molar-refractivity contribution >= 4 is 11.6 Å². The molecule has 0 bridgehead atoms. The molecule has 9 heteroatoms. The number of carbonyl (C=O) groups excluding carboxylic acids is 1. The molecule has 150 valence electrons. The molecule has 3 rings (SSSR count). The van der Waals surface area contributed by atoms with Gasteiger partial charge in [0.25, 0.3) is 0 Å². The highest BCUT2D eigenvalue weighted by atomic mass is 19.4. The largest absolute Gasteiger partial charge is 0.433 e. The molecule has 1 saturated heterocycles. The smallest absolute Gasteiger partial charge is 0.325 e. The van der Waals surface area contributed by atoms with Crippen molar-refractivity contribution in [2.45, 2.75) is 12.7 Å². The lowest BCUT2D eigenvalue weighted by Crippen LogP contribution is -2.48. The van der Waals surface area contributed by atoms with Crippen molar-refractivity contribution in [1.82, 2.24) is 14.8 Å². The van der Waals surface area contributed by atoms with Gasteiger partial charge in [-0.1, -0.05) is 12.1 Å². The predicted octanol–water partition coefficient (Wildman–Crippen LogP) is 3.00. The van der Waals surface area contributed by atoms with Crippen LogP contribution >= 0.6 is 0 Å². The Balaban J connectivity index is 1.49. The van der Waals surface area contributed by atoms with E-state index in [0.717, 1.165) is 6.20 Å². The van der Waals surface area contributed by atoms with Crippen molar-refractivity contribution in [3.63, 3.8) is 0 Å². The van der Waals surface area contributed by atoms with Crippen LogP contribution in [0.5, 0.6) is 0 Å². The number of nitrogens with one attached hydrogen (secondary N) is 1. The van der Waals surface area contributed by atoms with Gasteiger partial charge in [-0.05, 0) is 29.8 Å². The molecule has 1 fully saturated rings. The molecule has 1 N–H and O–H groups in total. The van der Waals surface area contributed by atoms with E-state index in [1.807, 2.05) is 9.80 Å². The Morgan fingerprint density at radius 2 is 1.79 bits per heavy atom. The van der Waals surface area contributed by atoms with Gasteiger partial charge in [-0.15, -0.1) is 0 Å². The SMILES string of the molecule is O=C(CN1CCN(Cc2cccnc2C(F)(F)F)CC1)Nc1cccc(F)c1. The molecule has 1 aromatic heterocycles. The number of halogens is 4. The lowest BCUT2D eigenvalue weighted by atomic mass is 10.1. The van der Waals surface area contributed by atoms with Gasteiger partial charge in [0, 0.05) is 44.6 Å². The molecule has 2 aromatic rings. The minimum absolute atomic E-state index is 0.144. The molecule has 0 atom stereocenters. The highest BCUT2D eigenvalue weighted by molar-refractivity contribution is 5.92. The van der Waals surface area contributed by atoms with Gasteiger partial charge in [0.1, 0.15) is 11.5 Å². The van der Waals surface area contributed by atoms with Gasteiger partial charge in [0.05, 0.1) is 6.54 Å². The number of hydrogen-bond acceptors (Lipinski definition) is 4. The second kappa shape index (κ2) is 8.66. The summed E-state index contributed by atoms with van der Waals surface area (Å²) in [7, 11) is 0. The normalized spacial score (nSPS) is 16.1. The zero-order valence-electron chi connectivity index (χ0n) is 15.0. The van der Waals surface area contributed by atoms with Crippen LogP contribution in [-0.4, -0.2) is 53.4 Å². The Bertz CT molecular complexity index is 820. The summed E-state index contributed by atoms with van der Waals surface area (Å²) in [5, 5.41) is 2.64. The molecule has 2 heterocycles. The van der Waals surface area contributed by atoms with E-state index in [-0.39, 0.29) is 24.6 Å². The van der Waals surface area contributed by atoms with Gasteiger partial charge in [0.2, 0.25) is 5.91 Å². The van der Waals surface area contributed by atoms with Crippen molar-refractivity contribution in [2.75, 3.05) is 38.0 Å². The maximum Gasteiger partial charge on any atom is 0.433 e. The van der Waals surface area contributed by atoms with E-state index in [9.17, 15) is 22.4 Å². The quantitative estimate of drug-likeness (QED) is 0.790. The highest BCUT2D eigenvalue weighted by Gasteiger charge is 2.35. The zero-order chi connectivity index (χ0) is 20.1. The van der Waals surface area contributed by atoms with E-state index < -0.39 is 17.7 Å². The Hall–Kier alpha value is -2.52. The highest BCUT2D eigenvalue weighted by Crippen LogP contribution is 2.30. The first-order valence-electron chi connectivity index (χ1n) is 8.82. The standard InChI is InChI=1S/C19H20F4N4O/c20-15-4-1-5-16(11-15)25-17(28)13-27-9-7-26(8-10-27)12-14-3-2-6-24-18(14)19(21,22)23/h1-6,11H,7-10,12-13H2,(H,25,28). The number of amides is 1. The maximum atomic E-state index is 13.2. The first-order valence-corrected chi connectivity index (χ1v) is 8.82. The van der Waals surface area contributed by atoms with Crippen LogP contribution in [0, 0.1) is 5.82 Å². The van der Waals surface area contributed by atoms with Crippen molar-refractivity contribution < 1.29 is 22.4 Å². The van der Waals surface area contributed by atoms with Crippen LogP contribution in [0.4, 0.5) is 23.2 Å². The second-order valence-corrected chi connectivity index (χ2v) is 6.62. The zero-order valence-corrected chi connectivity index (χ0v) is 15.0. The molecule has 28 heavy (non-hydrogen) atoms. The number of hydrogen-bond donors (Lipinski definition) is 1. The molecule has 0 unspecified atom stereocenters. The predicted molar refractivity (Wildman–Crippen MR) is 96.0 cm³/mol. The molecule has 0 radical (unpaired) electrons. The van der Waals surface area contributed by atoms with Gasteiger partial charge in [-0.2, -0.15) is 13.2 Å². The Kier molecular flexibility index (Phi) is 6.25. The summed E-state index contributed by atoms with van der Waals surface area (Å²) in [5.41, 5.74) is -0.320. The summed E-state index contributed by atoms with van der Waals surface area (Å²) < 4.78 is 52.3. The van der Waals surface area contributed by atoms with Crippen molar-refractivity contribution in [3.05, 3.63) is 59.7 Å². The van der Waals surface area contributed by atoms with E-state index in [1.54, 1.807) is 6.07 Å². The number of carbonyl (C=O) groups is 1. The third-order valence-electron chi connectivity index (χ3n) is 4.49. The van der Waals surface area contributed by atoms with Crippen LogP contribution in [0.2, 0.25) is 0 Å². The van der Waals surface area contributed by atoms with Gasteiger partial charge < -0.3 is 5.32 Å². The Morgan fingerprint density at radius 1 is 1.07 bits per heavy atom. The summed E-state index contributed by atoms with van der Waals surface area (Å²) in [6, 6.07) is 8.58. The fourth-order valence-corrected chi connectivity index (χ4v) is 3.14. The van der Waals surface area contributed by atoms with Crippen LogP contribution in [-0.2, 0) is 17.5 Å². The van der Waals surface area contributed by atoms with Crippen LogP contribution in [0.25, 0.3) is 0 Å². The van der Waals surface area contributed by atoms with E-state index in [1.165, 1.54) is 30.3 Å². The average Bonchev–Trinajstić information content (AvgIpc) is 2.63. The van der Waals surface area contributed by atoms with Crippen molar-refractivity contribution in [2.24, 2.45) is 0 Å². The van der Waals surface area contributed by atoms with Crippen molar-refractivity contribution in [1.29, 1.82) is 0 Å². The Morgan fingerprint density at radius 3 is 2.46 bits per heavy atom. The van der Waals surface area contributed by atoms with Crippen molar-refractivity contribution in [3.8, 4) is 0 Å². The summed E-state index contributed by atoms with van der Waals surface area (Å²) in [5.74, 6) is -0.689. The van der Waals surface area contributed by atoms with E-state index >= 15 is 0 Å². The number of benzene rings is 1. The monoisotopic (exact) mass is 396 g/mol. The molecule has 1 aliphatic rings. The molecular formula is C19H20F4N4O. The average molecular weight is 396 g/mol. The molecule has 1 amide bonds. The lowest BCUT2D eigenvalue weighted by molar-refractivity contribution is -0.142. The minimum atomic E-state index is -4.48. The summed E-state index contributed by atoms with van der Waals surface area (Å²) >= 11 is 0. The molecule has 0 saturated carbocycles. The number of rotatable bonds is 5. The number of piperazine rings is 1. The third-order valence-corrected chi connectivity index (χ3v) is 4.49. The maximum absolute atomic E-state index is 13.2. The van der Waals surface area contributed by atoms with E-state index in [0.29, 0.717) is 31.9 Å². The summed E-state index contributed by atoms with van der Waals surface area (Å²) in [4.78, 5) is 19.4. The number of pyridine rings is 1. The van der Waals surface area contributed by atoms with Gasteiger partial charge in [0.15, 0.2) is 0 Å². The summed E-state index contributed by atoms with van der Waals surface area (Å²) in [6.07, 6.45) is -3.34. The Labute approximate surface area is 160 Å². The molecule has 1 aliphatic heterocycles. The lowest BCUT2D eigenvalue weighted by Gasteiger charge is -2.34. The fraction of sp³-hybridized carbons (Fsp3) is 0.368. The van der Waals surface area contributed by atoms with Crippen LogP contribution in [0.1, 0.15) is 11.3 Å². The number of alkyl halides is 3.